The van der Waals surface area contributed by atoms with Crippen molar-refractivity contribution in [2.75, 3.05) is 18.5 Å². The van der Waals surface area contributed by atoms with Gasteiger partial charge in [-0.25, -0.2) is 9.82 Å². The van der Waals surface area contributed by atoms with Crippen LogP contribution in [0.2, 0.25) is 0 Å². The van der Waals surface area contributed by atoms with Gasteiger partial charge in [-0.05, 0) is 42.5 Å². The quantitative estimate of drug-likeness (QED) is 0.349. The van der Waals surface area contributed by atoms with Crippen LogP contribution < -0.4 is 16.2 Å². The summed E-state index contributed by atoms with van der Waals surface area (Å²) in [5, 5.41) is 13.0. The number of amides is 1. The fourth-order valence-electron chi connectivity index (χ4n) is 4.76. The van der Waals surface area contributed by atoms with Crippen molar-refractivity contribution in [1.82, 2.24) is 15.6 Å². The molecule has 0 aromatic heterocycles. The van der Waals surface area contributed by atoms with Gasteiger partial charge in [0.2, 0.25) is 5.91 Å². The highest BCUT2D eigenvalue weighted by atomic mass is 19.1. The second kappa shape index (κ2) is 9.78. The van der Waals surface area contributed by atoms with Crippen LogP contribution in [0.15, 0.2) is 40.9 Å². The maximum absolute atomic E-state index is 14.1. The number of aliphatic imine (C=N–C) groups is 1. The topological polar surface area (TPSA) is 89.0 Å². The number of aliphatic hydroxyl groups excluding tert-OH is 1. The standard InChI is InChI=1S/C26H36FN5O2/c1-6-7-17(10-20(27)16(5)33)18-8-9-19-21(11-18)30-31-24(19)25-28-22-12-32(13-23(22)29-25)26(34)15(4)14(2)3/h8-11,14-15,22-24,30-31,33H,6-7,12-13H2,1-5H3,(H,28,29)/b17-10+,20-16-. The number of nitrogens with zero attached hydrogens (tertiary/aromatic N) is 2. The Bertz CT molecular complexity index is 1040. The second-order valence-corrected chi connectivity index (χ2v) is 9.97. The van der Waals surface area contributed by atoms with E-state index < -0.39 is 5.83 Å². The van der Waals surface area contributed by atoms with Gasteiger partial charge in [-0.15, -0.1) is 0 Å². The number of hydrogen-bond acceptors (Lipinski definition) is 6. The smallest absolute Gasteiger partial charge is 0.225 e. The molecule has 0 radical (unpaired) electrons. The Kier molecular flexibility index (Phi) is 6.98. The first-order chi connectivity index (χ1) is 16.2. The van der Waals surface area contributed by atoms with E-state index in [0.29, 0.717) is 25.4 Å². The number of likely N-dealkylation sites (tertiary alicyclic amines) is 1. The van der Waals surface area contributed by atoms with Crippen molar-refractivity contribution in [3.63, 3.8) is 0 Å². The molecule has 3 aliphatic heterocycles. The van der Waals surface area contributed by atoms with Crippen LogP contribution in [0.5, 0.6) is 0 Å². The summed E-state index contributed by atoms with van der Waals surface area (Å²) in [6, 6.07) is 6.14. The summed E-state index contributed by atoms with van der Waals surface area (Å²) in [7, 11) is 0. The van der Waals surface area contributed by atoms with Crippen LogP contribution in [0.4, 0.5) is 10.1 Å². The van der Waals surface area contributed by atoms with Gasteiger partial charge in [-0.3, -0.25) is 9.79 Å². The molecule has 4 rings (SSSR count). The van der Waals surface area contributed by atoms with Crippen LogP contribution in [0.25, 0.3) is 5.57 Å². The molecule has 4 unspecified atom stereocenters. The Balaban J connectivity index is 1.49. The lowest BCUT2D eigenvalue weighted by Gasteiger charge is -2.24. The lowest BCUT2D eigenvalue weighted by molar-refractivity contribution is -0.135. The fourth-order valence-corrected chi connectivity index (χ4v) is 4.76. The molecule has 0 bridgehead atoms. The monoisotopic (exact) mass is 469 g/mol. The number of anilines is 1. The van der Waals surface area contributed by atoms with Gasteiger partial charge < -0.3 is 20.7 Å². The molecule has 1 aromatic carbocycles. The number of rotatable bonds is 7. The van der Waals surface area contributed by atoms with E-state index in [9.17, 15) is 14.3 Å². The van der Waals surface area contributed by atoms with Crippen LogP contribution >= 0.6 is 0 Å². The number of fused-ring (bicyclic) bond motifs is 2. The predicted molar refractivity (Wildman–Crippen MR) is 134 cm³/mol. The Morgan fingerprint density at radius 3 is 2.74 bits per heavy atom. The minimum atomic E-state index is -0.612. The van der Waals surface area contributed by atoms with Crippen LogP contribution in [0, 0.1) is 11.8 Å². The molecule has 1 amide bonds. The summed E-state index contributed by atoms with van der Waals surface area (Å²) in [6.45, 7) is 10.9. The van der Waals surface area contributed by atoms with E-state index in [4.69, 9.17) is 4.99 Å². The first kappa shape index (κ1) is 24.3. The molecule has 3 heterocycles. The number of carbonyl (C=O) groups is 1. The average molecular weight is 470 g/mol. The van der Waals surface area contributed by atoms with Gasteiger partial charge in [0.05, 0.1) is 17.8 Å². The highest BCUT2D eigenvalue weighted by Gasteiger charge is 2.43. The Labute approximate surface area is 201 Å². The van der Waals surface area contributed by atoms with Crippen LogP contribution in [-0.4, -0.2) is 46.9 Å². The van der Waals surface area contributed by atoms with Gasteiger partial charge in [0, 0.05) is 24.6 Å². The Morgan fingerprint density at radius 2 is 2.09 bits per heavy atom. The third-order valence-corrected chi connectivity index (χ3v) is 7.15. The average Bonchev–Trinajstić information content (AvgIpc) is 3.49. The van der Waals surface area contributed by atoms with E-state index in [-0.39, 0.29) is 35.7 Å². The SMILES string of the molecule is CCC/C(=C\C(F)=C(/C)O)c1ccc2c(c1)NNC2C1=NC2CN(C(=O)C(C)C(C)C)CC2N1. The van der Waals surface area contributed by atoms with Gasteiger partial charge in [0.25, 0.3) is 0 Å². The third-order valence-electron chi connectivity index (χ3n) is 7.15. The van der Waals surface area contributed by atoms with Crippen molar-refractivity contribution >= 4 is 23.0 Å². The van der Waals surface area contributed by atoms with Crippen molar-refractivity contribution in [3.05, 3.63) is 47.0 Å². The maximum Gasteiger partial charge on any atom is 0.225 e. The van der Waals surface area contributed by atoms with E-state index in [1.165, 1.54) is 13.0 Å². The van der Waals surface area contributed by atoms with Crippen molar-refractivity contribution < 1.29 is 14.3 Å². The van der Waals surface area contributed by atoms with Gasteiger partial charge in [-0.2, -0.15) is 0 Å². The highest BCUT2D eigenvalue weighted by Crippen LogP contribution is 2.35. The molecular formula is C26H36FN5O2. The zero-order chi connectivity index (χ0) is 24.6. The summed E-state index contributed by atoms with van der Waals surface area (Å²) in [5.74, 6) is 0.500. The van der Waals surface area contributed by atoms with Gasteiger partial charge in [-0.1, -0.05) is 46.2 Å². The van der Waals surface area contributed by atoms with Crippen molar-refractivity contribution in [2.45, 2.75) is 65.6 Å². The Hall–Kier alpha value is -2.87. The van der Waals surface area contributed by atoms with E-state index in [0.717, 1.165) is 34.6 Å². The lowest BCUT2D eigenvalue weighted by Crippen LogP contribution is -2.42. The number of carbonyl (C=O) groups excluding carboxylic acids is 1. The van der Waals surface area contributed by atoms with Crippen molar-refractivity contribution in [3.8, 4) is 0 Å². The first-order valence-electron chi connectivity index (χ1n) is 12.2. The van der Waals surface area contributed by atoms with Crippen LogP contribution in [0.1, 0.15) is 64.6 Å². The molecule has 3 aliphatic rings. The summed E-state index contributed by atoms with van der Waals surface area (Å²) < 4.78 is 14.1. The second-order valence-electron chi connectivity index (χ2n) is 9.97. The number of benzene rings is 1. The van der Waals surface area contributed by atoms with Crippen molar-refractivity contribution in [2.24, 2.45) is 16.8 Å². The molecule has 4 N–H and O–H groups in total. The number of hydrazine groups is 1. The Morgan fingerprint density at radius 1 is 1.32 bits per heavy atom. The van der Waals surface area contributed by atoms with Gasteiger partial charge >= 0.3 is 0 Å². The molecule has 0 spiro atoms. The number of aliphatic hydroxyl groups is 1. The maximum atomic E-state index is 14.1. The molecule has 184 valence electrons. The molecule has 4 atom stereocenters. The van der Waals surface area contributed by atoms with E-state index in [1.807, 2.05) is 36.9 Å². The number of halogens is 1. The van der Waals surface area contributed by atoms with Crippen molar-refractivity contribution in [1.29, 1.82) is 0 Å². The minimum Gasteiger partial charge on any atom is -0.510 e. The molecule has 7 nitrogen and oxygen atoms in total. The first-order valence-corrected chi connectivity index (χ1v) is 12.2. The number of hydrogen-bond donors (Lipinski definition) is 4. The van der Waals surface area contributed by atoms with E-state index >= 15 is 0 Å². The fraction of sp³-hybridized carbons (Fsp3) is 0.538. The molecule has 1 saturated heterocycles. The summed E-state index contributed by atoms with van der Waals surface area (Å²) in [5.41, 5.74) is 10.3. The number of allylic oxidation sites excluding steroid dienone is 4. The summed E-state index contributed by atoms with van der Waals surface area (Å²) in [6.07, 6.45) is 2.99. The minimum absolute atomic E-state index is 0.0148. The van der Waals surface area contributed by atoms with Gasteiger partial charge in [0.15, 0.2) is 5.83 Å². The zero-order valence-electron chi connectivity index (χ0n) is 20.7. The largest absolute Gasteiger partial charge is 0.510 e. The highest BCUT2D eigenvalue weighted by molar-refractivity contribution is 5.94. The molecule has 0 saturated carbocycles. The molecule has 1 fully saturated rings. The molecule has 34 heavy (non-hydrogen) atoms. The molecule has 0 aliphatic carbocycles. The lowest BCUT2D eigenvalue weighted by atomic mass is 9.96. The molecule has 1 aromatic rings. The molecular weight excluding hydrogens is 433 g/mol. The predicted octanol–water partition coefficient (Wildman–Crippen LogP) is 4.47. The van der Waals surface area contributed by atoms with E-state index in [2.05, 4.69) is 30.0 Å². The van der Waals surface area contributed by atoms with E-state index in [1.54, 1.807) is 0 Å². The molecule has 8 heteroatoms. The van der Waals surface area contributed by atoms with Crippen LogP contribution in [0.3, 0.4) is 0 Å². The number of amidine groups is 1. The number of nitrogens with one attached hydrogen (secondary N) is 3. The zero-order valence-corrected chi connectivity index (χ0v) is 20.7. The normalized spacial score (nSPS) is 25.4. The van der Waals surface area contributed by atoms with Gasteiger partial charge in [0.1, 0.15) is 17.6 Å². The summed E-state index contributed by atoms with van der Waals surface area (Å²) in [4.78, 5) is 19.6. The van der Waals surface area contributed by atoms with Crippen LogP contribution in [-0.2, 0) is 4.79 Å². The third kappa shape index (κ3) is 4.69. The summed E-state index contributed by atoms with van der Waals surface area (Å²) >= 11 is 0.